The molecule has 1 aliphatic rings. The first-order chi connectivity index (χ1) is 9.39. The van der Waals surface area contributed by atoms with E-state index in [0.29, 0.717) is 26.2 Å². The van der Waals surface area contributed by atoms with Crippen molar-refractivity contribution in [2.24, 2.45) is 0 Å². The Kier molecular flexibility index (Phi) is 4.29. The summed E-state index contributed by atoms with van der Waals surface area (Å²) in [6, 6.07) is 3.49. The van der Waals surface area contributed by atoms with E-state index in [1.165, 1.54) is 12.1 Å². The lowest BCUT2D eigenvalue weighted by molar-refractivity contribution is -0.144. The van der Waals surface area contributed by atoms with Crippen LogP contribution in [0.25, 0.3) is 0 Å². The molecule has 0 amide bonds. The van der Waals surface area contributed by atoms with Gasteiger partial charge in [0.2, 0.25) is 0 Å². The smallest absolute Gasteiger partial charge is 0.416 e. The number of piperazine rings is 1. The maximum Gasteiger partial charge on any atom is 0.416 e. The van der Waals surface area contributed by atoms with Crippen LogP contribution in [-0.4, -0.2) is 42.2 Å². The summed E-state index contributed by atoms with van der Waals surface area (Å²) in [4.78, 5) is 13.1. The number of hydrogen-bond acceptors (Lipinski definition) is 3. The van der Waals surface area contributed by atoms with Gasteiger partial charge in [-0.05, 0) is 17.7 Å². The standard InChI is InChI=1S/C13H15F3N2O2/c14-13(15,16)10-3-1-2-9(8-10)11(12(19)20)18-6-4-17-5-7-18/h1-3,8,11,17H,4-7H2,(H,19,20). The second kappa shape index (κ2) is 5.80. The number of nitrogens with zero attached hydrogens (tertiary/aromatic N) is 1. The summed E-state index contributed by atoms with van der Waals surface area (Å²) in [7, 11) is 0. The van der Waals surface area contributed by atoms with Gasteiger partial charge in [0.05, 0.1) is 5.56 Å². The third-order valence-corrected chi connectivity index (χ3v) is 3.28. The average molecular weight is 288 g/mol. The fraction of sp³-hybridized carbons (Fsp3) is 0.462. The third-order valence-electron chi connectivity index (χ3n) is 3.28. The van der Waals surface area contributed by atoms with Crippen molar-refractivity contribution < 1.29 is 23.1 Å². The average Bonchev–Trinajstić information content (AvgIpc) is 2.39. The number of halogens is 3. The summed E-state index contributed by atoms with van der Waals surface area (Å²) in [5, 5.41) is 12.4. The quantitative estimate of drug-likeness (QED) is 0.889. The van der Waals surface area contributed by atoms with E-state index in [2.05, 4.69) is 5.32 Å². The van der Waals surface area contributed by atoms with Gasteiger partial charge in [0, 0.05) is 26.2 Å². The Morgan fingerprint density at radius 2 is 1.95 bits per heavy atom. The van der Waals surface area contributed by atoms with Crippen LogP contribution in [0, 0.1) is 0 Å². The molecule has 1 aromatic carbocycles. The van der Waals surface area contributed by atoms with Gasteiger partial charge in [0.15, 0.2) is 0 Å². The molecular formula is C13H15F3N2O2. The Morgan fingerprint density at radius 1 is 1.30 bits per heavy atom. The molecule has 0 saturated carbocycles. The molecule has 2 rings (SSSR count). The van der Waals surface area contributed by atoms with E-state index >= 15 is 0 Å². The molecule has 0 aliphatic carbocycles. The van der Waals surface area contributed by atoms with Crippen molar-refractivity contribution in [1.82, 2.24) is 10.2 Å². The van der Waals surface area contributed by atoms with Crippen LogP contribution in [-0.2, 0) is 11.0 Å². The minimum Gasteiger partial charge on any atom is -0.480 e. The van der Waals surface area contributed by atoms with Crippen LogP contribution in [0.4, 0.5) is 13.2 Å². The highest BCUT2D eigenvalue weighted by Crippen LogP contribution is 2.32. The molecule has 1 aliphatic heterocycles. The van der Waals surface area contributed by atoms with E-state index in [0.717, 1.165) is 12.1 Å². The van der Waals surface area contributed by atoms with Crippen molar-refractivity contribution in [3.8, 4) is 0 Å². The molecular weight excluding hydrogens is 273 g/mol. The number of alkyl halides is 3. The van der Waals surface area contributed by atoms with Gasteiger partial charge in [-0.2, -0.15) is 13.2 Å². The van der Waals surface area contributed by atoms with Crippen LogP contribution >= 0.6 is 0 Å². The van der Waals surface area contributed by atoms with E-state index in [-0.39, 0.29) is 5.56 Å². The second-order valence-electron chi connectivity index (χ2n) is 4.65. The first kappa shape index (κ1) is 14.8. The summed E-state index contributed by atoms with van der Waals surface area (Å²) in [6.45, 7) is 2.24. The molecule has 0 bridgehead atoms. The van der Waals surface area contributed by atoms with Crippen molar-refractivity contribution in [3.05, 3.63) is 35.4 Å². The molecule has 1 saturated heterocycles. The van der Waals surface area contributed by atoms with Gasteiger partial charge in [-0.3, -0.25) is 9.69 Å². The van der Waals surface area contributed by atoms with Crippen LogP contribution in [0.15, 0.2) is 24.3 Å². The maximum atomic E-state index is 12.7. The minimum absolute atomic E-state index is 0.161. The molecule has 20 heavy (non-hydrogen) atoms. The number of nitrogens with one attached hydrogen (secondary N) is 1. The summed E-state index contributed by atoms with van der Waals surface area (Å²) >= 11 is 0. The highest BCUT2D eigenvalue weighted by molar-refractivity contribution is 5.75. The molecule has 1 unspecified atom stereocenters. The summed E-state index contributed by atoms with van der Waals surface area (Å²) in [5.41, 5.74) is -0.661. The molecule has 1 fully saturated rings. The van der Waals surface area contributed by atoms with Gasteiger partial charge < -0.3 is 10.4 Å². The van der Waals surface area contributed by atoms with Crippen LogP contribution in [0.1, 0.15) is 17.2 Å². The largest absolute Gasteiger partial charge is 0.480 e. The number of carboxylic acid groups (broad SMARTS) is 1. The molecule has 110 valence electrons. The lowest BCUT2D eigenvalue weighted by atomic mass is 10.0. The zero-order valence-corrected chi connectivity index (χ0v) is 10.7. The lowest BCUT2D eigenvalue weighted by Gasteiger charge is -2.32. The van der Waals surface area contributed by atoms with Crippen molar-refractivity contribution in [2.75, 3.05) is 26.2 Å². The van der Waals surface area contributed by atoms with Crippen LogP contribution in [0.3, 0.4) is 0 Å². The predicted octanol–water partition coefficient (Wildman–Crippen LogP) is 1.74. The molecule has 1 atom stereocenters. The molecule has 4 nitrogen and oxygen atoms in total. The van der Waals surface area contributed by atoms with Crippen molar-refractivity contribution in [1.29, 1.82) is 0 Å². The van der Waals surface area contributed by atoms with Gasteiger partial charge in [-0.15, -0.1) is 0 Å². The molecule has 1 aromatic rings. The van der Waals surface area contributed by atoms with Gasteiger partial charge in [0.1, 0.15) is 6.04 Å². The Bertz CT molecular complexity index is 485. The number of hydrogen-bond donors (Lipinski definition) is 2. The van der Waals surface area contributed by atoms with E-state index < -0.39 is 23.8 Å². The number of carboxylic acids is 1. The SMILES string of the molecule is O=C(O)C(c1cccc(C(F)(F)F)c1)N1CCNCC1. The van der Waals surface area contributed by atoms with Gasteiger partial charge in [-0.1, -0.05) is 12.1 Å². The highest BCUT2D eigenvalue weighted by atomic mass is 19.4. The molecule has 7 heteroatoms. The van der Waals surface area contributed by atoms with Gasteiger partial charge in [0.25, 0.3) is 0 Å². The lowest BCUT2D eigenvalue weighted by Crippen LogP contribution is -2.47. The fourth-order valence-electron chi connectivity index (χ4n) is 2.33. The van der Waals surface area contributed by atoms with Crippen molar-refractivity contribution in [2.45, 2.75) is 12.2 Å². The number of carbonyl (C=O) groups is 1. The highest BCUT2D eigenvalue weighted by Gasteiger charge is 2.33. The van der Waals surface area contributed by atoms with E-state index in [9.17, 15) is 23.1 Å². The zero-order chi connectivity index (χ0) is 14.8. The van der Waals surface area contributed by atoms with Crippen LogP contribution < -0.4 is 5.32 Å². The molecule has 0 radical (unpaired) electrons. The number of benzene rings is 1. The zero-order valence-electron chi connectivity index (χ0n) is 10.7. The third kappa shape index (κ3) is 3.29. The molecule has 1 heterocycles. The normalized spacial score (nSPS) is 18.8. The Morgan fingerprint density at radius 3 is 2.50 bits per heavy atom. The van der Waals surface area contributed by atoms with Crippen molar-refractivity contribution in [3.63, 3.8) is 0 Å². The van der Waals surface area contributed by atoms with Gasteiger partial charge >= 0.3 is 12.1 Å². The Balaban J connectivity index is 2.32. The Hall–Kier alpha value is -1.60. The first-order valence-electron chi connectivity index (χ1n) is 6.24. The van der Waals surface area contributed by atoms with E-state index in [4.69, 9.17) is 0 Å². The predicted molar refractivity (Wildman–Crippen MR) is 66.3 cm³/mol. The Labute approximate surface area is 114 Å². The summed E-state index contributed by atoms with van der Waals surface area (Å²) in [6.07, 6.45) is -4.47. The monoisotopic (exact) mass is 288 g/mol. The number of aliphatic carboxylic acids is 1. The summed E-state index contributed by atoms with van der Waals surface area (Å²) < 4.78 is 38.1. The van der Waals surface area contributed by atoms with Gasteiger partial charge in [-0.25, -0.2) is 0 Å². The molecule has 0 spiro atoms. The van der Waals surface area contributed by atoms with E-state index in [1.807, 2.05) is 0 Å². The minimum atomic E-state index is -4.47. The summed E-state index contributed by atoms with van der Waals surface area (Å²) in [5.74, 6) is -1.13. The topological polar surface area (TPSA) is 52.6 Å². The van der Waals surface area contributed by atoms with Crippen LogP contribution in [0.5, 0.6) is 0 Å². The van der Waals surface area contributed by atoms with E-state index in [1.54, 1.807) is 4.90 Å². The molecule has 2 N–H and O–H groups in total. The second-order valence-corrected chi connectivity index (χ2v) is 4.65. The van der Waals surface area contributed by atoms with Crippen molar-refractivity contribution >= 4 is 5.97 Å². The first-order valence-corrected chi connectivity index (χ1v) is 6.24. The fourth-order valence-corrected chi connectivity index (χ4v) is 2.33. The number of rotatable bonds is 3. The maximum absolute atomic E-state index is 12.7. The van der Waals surface area contributed by atoms with Crippen LogP contribution in [0.2, 0.25) is 0 Å². The molecule has 0 aromatic heterocycles.